The number of hydrogen-bond acceptors (Lipinski definition) is 1. The highest BCUT2D eigenvalue weighted by Crippen LogP contribution is 2.23. The Hall–Kier alpha value is -1.61. The third-order valence-electron chi connectivity index (χ3n) is 3.03. The molecule has 90 valence electrons. The van der Waals surface area contributed by atoms with Gasteiger partial charge in [0.05, 0.1) is 11.0 Å². The minimum absolute atomic E-state index is 0.921. The summed E-state index contributed by atoms with van der Waals surface area (Å²) in [6.45, 7) is 2.14. The molecule has 0 atom stereocenters. The highest BCUT2D eigenvalue weighted by molar-refractivity contribution is 9.10. The smallest absolute Gasteiger partial charge is 0.114 e. The molecule has 0 aliphatic heterocycles. The van der Waals surface area contributed by atoms with Crippen molar-refractivity contribution in [2.45, 2.75) is 13.3 Å². The van der Waals surface area contributed by atoms with Crippen LogP contribution in [0.3, 0.4) is 0 Å². The first-order chi connectivity index (χ1) is 8.79. The lowest BCUT2D eigenvalue weighted by Gasteiger charge is -2.08. The third-order valence-corrected chi connectivity index (χ3v) is 3.56. The summed E-state index contributed by atoms with van der Waals surface area (Å²) in [6.07, 6.45) is 0.921. The molecule has 0 aliphatic rings. The van der Waals surface area contributed by atoms with E-state index in [4.69, 9.17) is 0 Å². The Balaban J connectivity index is 2.29. The van der Waals surface area contributed by atoms with Crippen LogP contribution >= 0.6 is 15.9 Å². The molecule has 3 aromatic rings. The van der Waals surface area contributed by atoms with E-state index in [0.29, 0.717) is 0 Å². The Labute approximate surface area is 114 Å². The molecule has 0 N–H and O–H groups in total. The average molecular weight is 301 g/mol. The molecular weight excluding hydrogens is 288 g/mol. The van der Waals surface area contributed by atoms with Crippen molar-refractivity contribution in [3.8, 4) is 5.69 Å². The standard InChI is InChI=1S/C15H13BrN2/c1-2-15-17-13-5-3-4-6-14(13)18(15)12-9-7-11(16)8-10-12/h3-10H,2H2,1H3. The average Bonchev–Trinajstić information content (AvgIpc) is 2.78. The van der Waals surface area contributed by atoms with E-state index in [2.05, 4.69) is 74.9 Å². The SMILES string of the molecule is CCc1nc2ccccc2n1-c1ccc(Br)cc1. The number of nitrogens with zero attached hydrogens (tertiary/aromatic N) is 2. The molecule has 0 fully saturated rings. The van der Waals surface area contributed by atoms with Crippen LogP contribution in [0.4, 0.5) is 0 Å². The molecule has 0 radical (unpaired) electrons. The van der Waals surface area contributed by atoms with Crippen LogP contribution in [0.15, 0.2) is 53.0 Å². The predicted octanol–water partition coefficient (Wildman–Crippen LogP) is 4.35. The first kappa shape index (κ1) is 11.5. The van der Waals surface area contributed by atoms with E-state index in [9.17, 15) is 0 Å². The summed E-state index contributed by atoms with van der Waals surface area (Å²) in [7, 11) is 0. The second kappa shape index (κ2) is 4.58. The number of rotatable bonds is 2. The van der Waals surface area contributed by atoms with Gasteiger partial charge in [-0.2, -0.15) is 0 Å². The number of aromatic nitrogens is 2. The molecule has 0 saturated heterocycles. The van der Waals surface area contributed by atoms with Gasteiger partial charge in [0, 0.05) is 16.6 Å². The highest BCUT2D eigenvalue weighted by atomic mass is 79.9. The number of aryl methyl sites for hydroxylation is 1. The summed E-state index contributed by atoms with van der Waals surface area (Å²) < 4.78 is 3.32. The van der Waals surface area contributed by atoms with Crippen LogP contribution in [0.25, 0.3) is 16.7 Å². The van der Waals surface area contributed by atoms with Gasteiger partial charge in [0.2, 0.25) is 0 Å². The summed E-state index contributed by atoms with van der Waals surface area (Å²) >= 11 is 3.47. The minimum Gasteiger partial charge on any atom is -0.296 e. The van der Waals surface area contributed by atoms with Crippen LogP contribution in [0, 0.1) is 0 Å². The Morgan fingerprint density at radius 2 is 1.78 bits per heavy atom. The van der Waals surface area contributed by atoms with Crippen LogP contribution < -0.4 is 0 Å². The molecule has 0 aliphatic carbocycles. The Kier molecular flexibility index (Phi) is 2.92. The van der Waals surface area contributed by atoms with E-state index < -0.39 is 0 Å². The molecule has 3 rings (SSSR count). The first-order valence-electron chi connectivity index (χ1n) is 6.02. The van der Waals surface area contributed by atoms with Crippen LogP contribution in [0.5, 0.6) is 0 Å². The topological polar surface area (TPSA) is 17.8 Å². The minimum atomic E-state index is 0.921. The lowest BCUT2D eigenvalue weighted by molar-refractivity contribution is 0.908. The zero-order valence-electron chi connectivity index (χ0n) is 10.1. The largest absolute Gasteiger partial charge is 0.296 e. The molecule has 2 nitrogen and oxygen atoms in total. The molecular formula is C15H13BrN2. The fourth-order valence-electron chi connectivity index (χ4n) is 2.19. The molecule has 1 heterocycles. The zero-order valence-corrected chi connectivity index (χ0v) is 11.7. The van der Waals surface area contributed by atoms with Crippen molar-refractivity contribution in [3.63, 3.8) is 0 Å². The number of benzene rings is 2. The van der Waals surface area contributed by atoms with Crippen LogP contribution in [0.2, 0.25) is 0 Å². The van der Waals surface area contributed by atoms with Crippen molar-refractivity contribution in [2.24, 2.45) is 0 Å². The first-order valence-corrected chi connectivity index (χ1v) is 6.81. The molecule has 3 heteroatoms. The number of para-hydroxylation sites is 2. The van der Waals surface area contributed by atoms with Crippen LogP contribution in [0.1, 0.15) is 12.7 Å². The second-order valence-electron chi connectivity index (χ2n) is 4.18. The van der Waals surface area contributed by atoms with Crippen molar-refractivity contribution in [1.82, 2.24) is 9.55 Å². The molecule has 0 spiro atoms. The van der Waals surface area contributed by atoms with Crippen molar-refractivity contribution < 1.29 is 0 Å². The third kappa shape index (κ3) is 1.85. The summed E-state index contributed by atoms with van der Waals surface area (Å²) in [6, 6.07) is 16.6. The zero-order chi connectivity index (χ0) is 12.5. The van der Waals surface area contributed by atoms with E-state index >= 15 is 0 Å². The van der Waals surface area contributed by atoms with Gasteiger partial charge in [0.1, 0.15) is 5.82 Å². The molecule has 0 amide bonds. The van der Waals surface area contributed by atoms with Gasteiger partial charge < -0.3 is 0 Å². The Morgan fingerprint density at radius 1 is 1.06 bits per heavy atom. The second-order valence-corrected chi connectivity index (χ2v) is 5.10. The van der Waals surface area contributed by atoms with E-state index in [1.807, 2.05) is 6.07 Å². The fraction of sp³-hybridized carbons (Fsp3) is 0.133. The predicted molar refractivity (Wildman–Crippen MR) is 78.1 cm³/mol. The van der Waals surface area contributed by atoms with Gasteiger partial charge in [0.25, 0.3) is 0 Å². The van der Waals surface area contributed by atoms with Crippen molar-refractivity contribution in [2.75, 3.05) is 0 Å². The summed E-state index contributed by atoms with van der Waals surface area (Å²) in [5.41, 5.74) is 3.37. The van der Waals surface area contributed by atoms with Gasteiger partial charge in [-0.3, -0.25) is 4.57 Å². The van der Waals surface area contributed by atoms with Gasteiger partial charge in [-0.15, -0.1) is 0 Å². The van der Waals surface area contributed by atoms with Crippen molar-refractivity contribution in [1.29, 1.82) is 0 Å². The Bertz CT molecular complexity index is 683. The number of halogens is 1. The van der Waals surface area contributed by atoms with E-state index in [-0.39, 0.29) is 0 Å². The molecule has 0 saturated carbocycles. The highest BCUT2D eigenvalue weighted by Gasteiger charge is 2.09. The van der Waals surface area contributed by atoms with Gasteiger partial charge in [-0.1, -0.05) is 35.0 Å². The van der Waals surface area contributed by atoms with Crippen LogP contribution in [-0.4, -0.2) is 9.55 Å². The maximum Gasteiger partial charge on any atom is 0.114 e. The van der Waals surface area contributed by atoms with E-state index in [1.165, 1.54) is 0 Å². The summed E-state index contributed by atoms with van der Waals surface area (Å²) in [5.74, 6) is 1.10. The van der Waals surface area contributed by atoms with Crippen molar-refractivity contribution >= 4 is 27.0 Å². The molecule has 2 aromatic carbocycles. The number of fused-ring (bicyclic) bond motifs is 1. The fourth-order valence-corrected chi connectivity index (χ4v) is 2.46. The van der Waals surface area contributed by atoms with E-state index in [0.717, 1.165) is 33.4 Å². The van der Waals surface area contributed by atoms with E-state index in [1.54, 1.807) is 0 Å². The molecule has 0 unspecified atom stereocenters. The van der Waals surface area contributed by atoms with Gasteiger partial charge in [-0.05, 0) is 36.4 Å². The quantitative estimate of drug-likeness (QED) is 0.688. The maximum absolute atomic E-state index is 4.68. The van der Waals surface area contributed by atoms with Crippen molar-refractivity contribution in [3.05, 3.63) is 58.8 Å². The number of hydrogen-bond donors (Lipinski definition) is 0. The number of imidazole rings is 1. The van der Waals surface area contributed by atoms with Gasteiger partial charge in [-0.25, -0.2) is 4.98 Å². The maximum atomic E-state index is 4.68. The lowest BCUT2D eigenvalue weighted by atomic mass is 10.2. The molecule has 0 bridgehead atoms. The molecule has 18 heavy (non-hydrogen) atoms. The Morgan fingerprint density at radius 3 is 2.50 bits per heavy atom. The van der Waals surface area contributed by atoms with Gasteiger partial charge >= 0.3 is 0 Å². The monoisotopic (exact) mass is 300 g/mol. The summed E-state index contributed by atoms with van der Waals surface area (Å²) in [5, 5.41) is 0. The van der Waals surface area contributed by atoms with Gasteiger partial charge in [0.15, 0.2) is 0 Å². The summed E-state index contributed by atoms with van der Waals surface area (Å²) in [4.78, 5) is 4.68. The molecule has 1 aromatic heterocycles. The van der Waals surface area contributed by atoms with Crippen LogP contribution in [-0.2, 0) is 6.42 Å². The lowest BCUT2D eigenvalue weighted by Crippen LogP contribution is -1.99. The normalized spacial score (nSPS) is 11.0.